The van der Waals surface area contributed by atoms with Crippen LogP contribution in [-0.4, -0.2) is 27.1 Å². The van der Waals surface area contributed by atoms with Gasteiger partial charge >= 0.3 is 11.9 Å². The molecule has 0 bridgehead atoms. The van der Waals surface area contributed by atoms with Crippen molar-refractivity contribution < 1.29 is 19.8 Å². The van der Waals surface area contributed by atoms with Crippen LogP contribution in [0.1, 0.15) is 51.6 Å². The van der Waals surface area contributed by atoms with Crippen LogP contribution in [0, 0.1) is 5.41 Å². The zero-order valence-corrected chi connectivity index (χ0v) is 14.4. The molecule has 3 N–H and O–H groups in total. The maximum atomic E-state index is 10.8. The van der Waals surface area contributed by atoms with Crippen molar-refractivity contribution in [2.75, 3.05) is 0 Å². The number of hydrogen-bond acceptors (Lipinski definition) is 2. The second-order valence-electron chi connectivity index (χ2n) is 6.26. The van der Waals surface area contributed by atoms with Gasteiger partial charge in [0.2, 0.25) is 0 Å². The maximum absolute atomic E-state index is 10.8. The third-order valence-electron chi connectivity index (χ3n) is 4.04. The summed E-state index contributed by atoms with van der Waals surface area (Å²) in [7, 11) is 0. The van der Waals surface area contributed by atoms with Gasteiger partial charge in [0.25, 0.3) is 0 Å². The van der Waals surface area contributed by atoms with E-state index < -0.39 is 17.4 Å². The molecule has 1 heterocycles. The summed E-state index contributed by atoms with van der Waals surface area (Å²) in [6.45, 7) is 3.75. The molecule has 2 rings (SSSR count). The Morgan fingerprint density at radius 1 is 1.25 bits per heavy atom. The molecule has 1 aromatic rings. The third kappa shape index (κ3) is 6.44. The summed E-state index contributed by atoms with van der Waals surface area (Å²) in [4.78, 5) is 24.6. The SMILES string of the molecule is CC1(C(=O)O)C=CC=C(C(=O)O)C1.CCCCCCc1ccc[nH]1. The molecule has 0 amide bonds. The molecule has 1 aliphatic rings. The number of aromatic amines is 1. The van der Waals surface area contributed by atoms with Gasteiger partial charge in [0.1, 0.15) is 0 Å². The highest BCUT2D eigenvalue weighted by molar-refractivity contribution is 5.90. The molecule has 1 atom stereocenters. The fraction of sp³-hybridized carbons (Fsp3) is 0.474. The minimum atomic E-state index is -1.08. The van der Waals surface area contributed by atoms with Gasteiger partial charge in [-0.3, -0.25) is 4.79 Å². The zero-order valence-electron chi connectivity index (χ0n) is 14.4. The molecule has 0 saturated heterocycles. The number of aryl methyl sites for hydroxylation is 1. The first-order valence-corrected chi connectivity index (χ1v) is 8.36. The van der Waals surface area contributed by atoms with Crippen LogP contribution in [0.3, 0.4) is 0 Å². The van der Waals surface area contributed by atoms with E-state index in [0.717, 1.165) is 0 Å². The molecule has 0 radical (unpaired) electrons. The summed E-state index contributed by atoms with van der Waals surface area (Å²) >= 11 is 0. The molecule has 0 saturated carbocycles. The Morgan fingerprint density at radius 2 is 2.00 bits per heavy atom. The number of carboxylic acids is 2. The van der Waals surface area contributed by atoms with E-state index in [1.54, 1.807) is 0 Å². The number of aromatic nitrogens is 1. The van der Waals surface area contributed by atoms with E-state index in [1.165, 1.54) is 62.9 Å². The Morgan fingerprint density at radius 3 is 2.54 bits per heavy atom. The lowest BCUT2D eigenvalue weighted by atomic mass is 9.80. The lowest BCUT2D eigenvalue weighted by Crippen LogP contribution is -2.28. The van der Waals surface area contributed by atoms with Crippen molar-refractivity contribution in [1.82, 2.24) is 4.98 Å². The maximum Gasteiger partial charge on any atom is 0.331 e. The Labute approximate surface area is 143 Å². The van der Waals surface area contributed by atoms with Crippen LogP contribution >= 0.6 is 0 Å². The van der Waals surface area contributed by atoms with E-state index in [0.29, 0.717) is 0 Å². The Kier molecular flexibility index (Phi) is 8.02. The topological polar surface area (TPSA) is 90.4 Å². The lowest BCUT2D eigenvalue weighted by molar-refractivity contribution is -0.145. The summed E-state index contributed by atoms with van der Waals surface area (Å²) in [5.74, 6) is -2.06. The second kappa shape index (κ2) is 9.75. The molecule has 5 nitrogen and oxygen atoms in total. The summed E-state index contributed by atoms with van der Waals surface area (Å²) in [5.41, 5.74) is 0.427. The van der Waals surface area contributed by atoms with Gasteiger partial charge in [-0.05, 0) is 38.3 Å². The van der Waals surface area contributed by atoms with E-state index in [9.17, 15) is 9.59 Å². The van der Waals surface area contributed by atoms with Crippen molar-refractivity contribution in [3.63, 3.8) is 0 Å². The van der Waals surface area contributed by atoms with Crippen LogP contribution in [0.2, 0.25) is 0 Å². The standard InChI is InChI=1S/C10H17N.C9H10O4/c1-2-3-4-5-7-10-8-6-9-11-10;1-9(8(12)13)4-2-3-6(5-9)7(10)11/h6,8-9,11H,2-5,7H2,1H3;2-4H,5H2,1H3,(H,10,11)(H,12,13). The molecular weight excluding hydrogens is 306 g/mol. The number of H-pyrrole nitrogens is 1. The number of hydrogen-bond donors (Lipinski definition) is 3. The van der Waals surface area contributed by atoms with Crippen LogP contribution in [0.25, 0.3) is 0 Å². The number of unbranched alkanes of at least 4 members (excludes halogenated alkanes) is 3. The first-order valence-electron chi connectivity index (χ1n) is 8.36. The van der Waals surface area contributed by atoms with E-state index in [2.05, 4.69) is 24.0 Å². The molecule has 1 unspecified atom stereocenters. The third-order valence-corrected chi connectivity index (χ3v) is 4.04. The fourth-order valence-electron chi connectivity index (χ4n) is 2.45. The number of carboxylic acid groups (broad SMARTS) is 2. The first kappa shape index (κ1) is 19.7. The van der Waals surface area contributed by atoms with Gasteiger partial charge in [-0.15, -0.1) is 0 Å². The van der Waals surface area contributed by atoms with Crippen molar-refractivity contribution >= 4 is 11.9 Å². The van der Waals surface area contributed by atoms with Crippen LogP contribution < -0.4 is 0 Å². The molecule has 1 aliphatic carbocycles. The van der Waals surface area contributed by atoms with Gasteiger partial charge in [0, 0.05) is 17.5 Å². The van der Waals surface area contributed by atoms with Crippen molar-refractivity contribution in [3.05, 3.63) is 47.8 Å². The number of aliphatic carboxylic acids is 2. The van der Waals surface area contributed by atoms with Crippen LogP contribution in [-0.2, 0) is 16.0 Å². The normalized spacial score (nSPS) is 19.2. The Bertz CT molecular complexity index is 587. The predicted molar refractivity (Wildman–Crippen MR) is 93.9 cm³/mol. The number of rotatable bonds is 7. The van der Waals surface area contributed by atoms with Crippen LogP contribution in [0.15, 0.2) is 42.1 Å². The average Bonchev–Trinajstić information content (AvgIpc) is 3.05. The molecule has 132 valence electrons. The van der Waals surface area contributed by atoms with Crippen molar-refractivity contribution in [2.45, 2.75) is 52.4 Å². The van der Waals surface area contributed by atoms with Crippen molar-refractivity contribution in [1.29, 1.82) is 0 Å². The van der Waals surface area contributed by atoms with Gasteiger partial charge < -0.3 is 15.2 Å². The highest BCUT2D eigenvalue weighted by atomic mass is 16.4. The zero-order chi connectivity index (χ0) is 18.0. The van der Waals surface area contributed by atoms with E-state index in [-0.39, 0.29) is 12.0 Å². The van der Waals surface area contributed by atoms with Crippen molar-refractivity contribution in [3.8, 4) is 0 Å². The largest absolute Gasteiger partial charge is 0.481 e. The van der Waals surface area contributed by atoms with Crippen LogP contribution in [0.5, 0.6) is 0 Å². The summed E-state index contributed by atoms with van der Waals surface area (Å²) in [6, 6.07) is 4.22. The number of allylic oxidation sites excluding steroid dienone is 2. The Hall–Kier alpha value is -2.30. The fourth-order valence-corrected chi connectivity index (χ4v) is 2.45. The van der Waals surface area contributed by atoms with Crippen molar-refractivity contribution in [2.24, 2.45) is 5.41 Å². The van der Waals surface area contributed by atoms with E-state index in [1.807, 2.05) is 6.20 Å². The average molecular weight is 333 g/mol. The smallest absolute Gasteiger partial charge is 0.331 e. The highest BCUT2D eigenvalue weighted by Crippen LogP contribution is 2.31. The van der Waals surface area contributed by atoms with Gasteiger partial charge in [-0.2, -0.15) is 0 Å². The van der Waals surface area contributed by atoms with Crippen LogP contribution in [0.4, 0.5) is 0 Å². The summed E-state index contributed by atoms with van der Waals surface area (Å²) in [6.07, 6.45) is 13.0. The summed E-state index contributed by atoms with van der Waals surface area (Å²) < 4.78 is 0. The molecule has 1 aromatic heterocycles. The molecule has 0 fully saturated rings. The first-order chi connectivity index (χ1) is 11.4. The lowest BCUT2D eigenvalue weighted by Gasteiger charge is -2.23. The molecule has 5 heteroatoms. The van der Waals surface area contributed by atoms with Gasteiger partial charge in [-0.1, -0.05) is 44.4 Å². The highest BCUT2D eigenvalue weighted by Gasteiger charge is 2.34. The van der Waals surface area contributed by atoms with Gasteiger partial charge in [-0.25, -0.2) is 4.79 Å². The molecular formula is C19H27NO4. The van der Waals surface area contributed by atoms with E-state index in [4.69, 9.17) is 10.2 Å². The summed E-state index contributed by atoms with van der Waals surface area (Å²) in [5, 5.41) is 17.5. The molecule has 0 aliphatic heterocycles. The molecule has 0 spiro atoms. The van der Waals surface area contributed by atoms with E-state index >= 15 is 0 Å². The number of nitrogens with one attached hydrogen (secondary N) is 1. The monoisotopic (exact) mass is 333 g/mol. The minimum Gasteiger partial charge on any atom is -0.481 e. The quantitative estimate of drug-likeness (QED) is 0.653. The second-order valence-corrected chi connectivity index (χ2v) is 6.26. The number of carbonyl (C=O) groups is 2. The van der Waals surface area contributed by atoms with Gasteiger partial charge in [0.15, 0.2) is 0 Å². The predicted octanol–water partition coefficient (Wildman–Crippen LogP) is 4.19. The minimum absolute atomic E-state index is 0.0359. The molecule has 0 aromatic carbocycles. The van der Waals surface area contributed by atoms with Gasteiger partial charge in [0.05, 0.1) is 5.41 Å². The molecule has 24 heavy (non-hydrogen) atoms. The Balaban J connectivity index is 0.000000243.